The molecule has 124 valence electrons. The average molecular weight is 314 g/mol. The van der Waals surface area contributed by atoms with Crippen LogP contribution in [0.1, 0.15) is 37.7 Å². The summed E-state index contributed by atoms with van der Waals surface area (Å²) >= 11 is 0. The molecule has 4 heteroatoms. The van der Waals surface area contributed by atoms with Crippen LogP contribution >= 0.6 is 0 Å². The van der Waals surface area contributed by atoms with Crippen LogP contribution in [0.15, 0.2) is 24.3 Å². The van der Waals surface area contributed by atoms with Gasteiger partial charge in [0.15, 0.2) is 0 Å². The number of methoxy groups -OCH3 is 1. The molecular weight excluding hydrogens is 288 g/mol. The van der Waals surface area contributed by atoms with Gasteiger partial charge in [-0.2, -0.15) is 0 Å². The second kappa shape index (κ2) is 5.52. The van der Waals surface area contributed by atoms with E-state index in [0.717, 1.165) is 57.5 Å². The number of piperidine rings is 1. The Morgan fingerprint density at radius 2 is 2.00 bits per heavy atom. The van der Waals surface area contributed by atoms with Crippen LogP contribution in [0.3, 0.4) is 0 Å². The van der Waals surface area contributed by atoms with Gasteiger partial charge in [-0.05, 0) is 56.7 Å². The Labute approximate surface area is 138 Å². The van der Waals surface area contributed by atoms with E-state index in [1.165, 1.54) is 5.56 Å². The number of hydrogen-bond donors (Lipinski definition) is 2. The molecule has 3 fully saturated rings. The number of hydrogen-bond acceptors (Lipinski definition) is 3. The zero-order valence-electron chi connectivity index (χ0n) is 13.9. The molecule has 4 rings (SSSR count). The highest BCUT2D eigenvalue weighted by Gasteiger charge is 2.58. The third-order valence-corrected chi connectivity index (χ3v) is 6.24. The Morgan fingerprint density at radius 3 is 2.70 bits per heavy atom. The fourth-order valence-corrected chi connectivity index (χ4v) is 4.35. The van der Waals surface area contributed by atoms with Gasteiger partial charge in [0.05, 0.1) is 7.11 Å². The van der Waals surface area contributed by atoms with Gasteiger partial charge in [0, 0.05) is 23.4 Å². The van der Waals surface area contributed by atoms with Crippen molar-refractivity contribution in [2.24, 2.45) is 11.3 Å². The number of carbonyl (C=O) groups is 1. The predicted octanol–water partition coefficient (Wildman–Crippen LogP) is 2.23. The van der Waals surface area contributed by atoms with E-state index in [1.54, 1.807) is 7.11 Å². The zero-order valence-corrected chi connectivity index (χ0v) is 13.9. The van der Waals surface area contributed by atoms with Gasteiger partial charge in [-0.1, -0.05) is 18.2 Å². The van der Waals surface area contributed by atoms with Crippen molar-refractivity contribution in [3.8, 4) is 5.75 Å². The van der Waals surface area contributed by atoms with Gasteiger partial charge in [0.25, 0.3) is 0 Å². The summed E-state index contributed by atoms with van der Waals surface area (Å²) in [4.78, 5) is 12.6. The first kappa shape index (κ1) is 15.0. The predicted molar refractivity (Wildman–Crippen MR) is 89.6 cm³/mol. The minimum Gasteiger partial charge on any atom is -0.496 e. The van der Waals surface area contributed by atoms with Crippen LogP contribution < -0.4 is 15.4 Å². The van der Waals surface area contributed by atoms with Gasteiger partial charge in [-0.15, -0.1) is 0 Å². The molecule has 0 aromatic heterocycles. The summed E-state index contributed by atoms with van der Waals surface area (Å²) in [7, 11) is 1.72. The molecule has 1 saturated heterocycles. The Balaban J connectivity index is 1.38. The summed E-state index contributed by atoms with van der Waals surface area (Å²) in [5, 5.41) is 6.65. The normalized spacial score (nSPS) is 26.6. The van der Waals surface area contributed by atoms with Crippen molar-refractivity contribution in [1.82, 2.24) is 10.6 Å². The molecule has 1 heterocycles. The van der Waals surface area contributed by atoms with Gasteiger partial charge in [0.2, 0.25) is 5.91 Å². The van der Waals surface area contributed by atoms with Crippen LogP contribution in [0, 0.1) is 11.3 Å². The number of ether oxygens (including phenoxy) is 1. The summed E-state index contributed by atoms with van der Waals surface area (Å²) in [6.07, 6.45) is 5.66. The molecule has 2 N–H and O–H groups in total. The van der Waals surface area contributed by atoms with Crippen LogP contribution in [-0.4, -0.2) is 32.7 Å². The van der Waals surface area contributed by atoms with Crippen molar-refractivity contribution in [2.45, 2.75) is 37.5 Å². The summed E-state index contributed by atoms with van der Waals surface area (Å²) in [6, 6.07) is 8.22. The molecule has 4 nitrogen and oxygen atoms in total. The summed E-state index contributed by atoms with van der Waals surface area (Å²) in [5.41, 5.74) is 1.66. The molecular formula is C19H26N2O2. The van der Waals surface area contributed by atoms with Crippen LogP contribution in [0.2, 0.25) is 0 Å². The van der Waals surface area contributed by atoms with Gasteiger partial charge in [-0.25, -0.2) is 0 Å². The van der Waals surface area contributed by atoms with E-state index in [4.69, 9.17) is 4.74 Å². The molecule has 1 aromatic rings. The minimum absolute atomic E-state index is 0.0957. The number of carbonyl (C=O) groups excluding carboxylic acids is 1. The Bertz CT molecular complexity index is 603. The molecule has 1 aromatic carbocycles. The van der Waals surface area contributed by atoms with Crippen LogP contribution in [0.5, 0.6) is 5.75 Å². The maximum atomic E-state index is 12.6. The number of nitrogens with one attached hydrogen (secondary N) is 2. The van der Waals surface area contributed by atoms with E-state index < -0.39 is 0 Å². The van der Waals surface area contributed by atoms with Gasteiger partial charge >= 0.3 is 0 Å². The lowest BCUT2D eigenvalue weighted by Crippen LogP contribution is -2.36. The second-order valence-electron chi connectivity index (χ2n) is 7.57. The molecule has 3 aliphatic rings. The first-order valence-electron chi connectivity index (χ1n) is 8.81. The molecule has 1 unspecified atom stereocenters. The number of benzene rings is 1. The number of para-hydroxylation sites is 1. The van der Waals surface area contributed by atoms with Crippen molar-refractivity contribution >= 4 is 5.91 Å². The topological polar surface area (TPSA) is 50.4 Å². The smallest absolute Gasteiger partial charge is 0.223 e. The zero-order chi connectivity index (χ0) is 15.9. The van der Waals surface area contributed by atoms with E-state index in [0.29, 0.717) is 5.41 Å². The molecule has 2 saturated carbocycles. The standard InChI is InChI=1S/C19H26N2O2/c1-23-16-5-3-2-4-14(16)19(6-7-19)13-21-17(22)15-12-18(15)8-10-20-11-9-18/h2-5,15,20H,6-13H2,1H3,(H,21,22). The maximum absolute atomic E-state index is 12.6. The van der Waals surface area contributed by atoms with E-state index in [1.807, 2.05) is 12.1 Å². The fourth-order valence-electron chi connectivity index (χ4n) is 4.35. The first-order chi connectivity index (χ1) is 11.2. The molecule has 0 radical (unpaired) electrons. The lowest BCUT2D eigenvalue weighted by Gasteiger charge is -2.24. The average Bonchev–Trinajstić information content (AvgIpc) is 3.51. The molecule has 1 amide bonds. The van der Waals surface area contributed by atoms with Gasteiger partial charge < -0.3 is 15.4 Å². The van der Waals surface area contributed by atoms with E-state index in [2.05, 4.69) is 22.8 Å². The van der Waals surface area contributed by atoms with E-state index in [-0.39, 0.29) is 17.2 Å². The van der Waals surface area contributed by atoms with Gasteiger partial charge in [-0.3, -0.25) is 4.79 Å². The Hall–Kier alpha value is -1.55. The molecule has 0 bridgehead atoms. The Morgan fingerprint density at radius 1 is 1.26 bits per heavy atom. The fraction of sp³-hybridized carbons (Fsp3) is 0.632. The molecule has 1 spiro atoms. The maximum Gasteiger partial charge on any atom is 0.223 e. The van der Waals surface area contributed by atoms with Crippen LogP contribution in [0.4, 0.5) is 0 Å². The molecule has 2 aliphatic carbocycles. The highest BCUT2D eigenvalue weighted by molar-refractivity contribution is 5.82. The monoisotopic (exact) mass is 314 g/mol. The van der Waals surface area contributed by atoms with Crippen molar-refractivity contribution in [3.05, 3.63) is 29.8 Å². The van der Waals surface area contributed by atoms with Crippen LogP contribution in [-0.2, 0) is 10.2 Å². The van der Waals surface area contributed by atoms with Crippen molar-refractivity contribution in [1.29, 1.82) is 0 Å². The molecule has 23 heavy (non-hydrogen) atoms. The summed E-state index contributed by atoms with van der Waals surface area (Å²) in [5.74, 6) is 1.46. The van der Waals surface area contributed by atoms with Gasteiger partial charge in [0.1, 0.15) is 5.75 Å². The lowest BCUT2D eigenvalue weighted by molar-refractivity contribution is -0.123. The minimum atomic E-state index is 0.0957. The second-order valence-corrected chi connectivity index (χ2v) is 7.57. The molecule has 1 aliphatic heterocycles. The summed E-state index contributed by atoms with van der Waals surface area (Å²) in [6.45, 7) is 2.88. The third kappa shape index (κ3) is 2.63. The highest BCUT2D eigenvalue weighted by Crippen LogP contribution is 2.58. The highest BCUT2D eigenvalue weighted by atomic mass is 16.5. The third-order valence-electron chi connectivity index (χ3n) is 6.24. The largest absolute Gasteiger partial charge is 0.496 e. The summed E-state index contributed by atoms with van der Waals surface area (Å²) < 4.78 is 5.51. The number of amides is 1. The SMILES string of the molecule is COc1ccccc1C1(CNC(=O)C2CC23CCNCC3)CC1. The van der Waals surface area contributed by atoms with Crippen molar-refractivity contribution in [2.75, 3.05) is 26.7 Å². The lowest BCUT2D eigenvalue weighted by atomic mass is 9.91. The Kier molecular flexibility index (Phi) is 3.60. The quantitative estimate of drug-likeness (QED) is 0.876. The van der Waals surface area contributed by atoms with Crippen LogP contribution in [0.25, 0.3) is 0 Å². The van der Waals surface area contributed by atoms with E-state index in [9.17, 15) is 4.79 Å². The van der Waals surface area contributed by atoms with Crippen molar-refractivity contribution in [3.63, 3.8) is 0 Å². The first-order valence-corrected chi connectivity index (χ1v) is 8.81. The van der Waals surface area contributed by atoms with E-state index >= 15 is 0 Å². The number of rotatable bonds is 5. The van der Waals surface area contributed by atoms with Crippen molar-refractivity contribution < 1.29 is 9.53 Å². The molecule has 1 atom stereocenters.